The van der Waals surface area contributed by atoms with Gasteiger partial charge in [0.05, 0.1) is 0 Å². The summed E-state index contributed by atoms with van der Waals surface area (Å²) < 4.78 is 78.4. The van der Waals surface area contributed by atoms with E-state index in [1.54, 1.807) is 0 Å². The van der Waals surface area contributed by atoms with Crippen LogP contribution in [0.3, 0.4) is 0 Å². The Balaban J connectivity index is 1.87. The number of H-pyrrole nitrogens is 1. The van der Waals surface area contributed by atoms with Gasteiger partial charge in [0.25, 0.3) is 5.91 Å². The first-order valence-electron chi connectivity index (χ1n) is 7.26. The van der Waals surface area contributed by atoms with E-state index in [4.69, 9.17) is 0 Å². The molecule has 3 rings (SSSR count). The van der Waals surface area contributed by atoms with Crippen molar-refractivity contribution < 1.29 is 31.1 Å². The molecule has 2 aliphatic rings. The number of halogens is 6. The Labute approximate surface area is 132 Å². The Kier molecular flexibility index (Phi) is 3.81. The van der Waals surface area contributed by atoms with Crippen LogP contribution in [-0.2, 0) is 13.0 Å². The van der Waals surface area contributed by atoms with Gasteiger partial charge in [-0.1, -0.05) is 0 Å². The first-order chi connectivity index (χ1) is 11.1. The molecule has 1 aromatic heterocycles. The van der Waals surface area contributed by atoms with Gasteiger partial charge in [-0.15, -0.1) is 0 Å². The second-order valence-corrected chi connectivity index (χ2v) is 6.01. The molecular weight excluding hydrogens is 342 g/mol. The van der Waals surface area contributed by atoms with Gasteiger partial charge in [0.15, 0.2) is 11.1 Å². The number of amides is 1. The second-order valence-electron chi connectivity index (χ2n) is 6.01. The van der Waals surface area contributed by atoms with Gasteiger partial charge in [-0.25, -0.2) is 0 Å². The molecule has 2 aliphatic heterocycles. The van der Waals surface area contributed by atoms with Crippen LogP contribution in [0, 0.1) is 5.41 Å². The standard InChI is InChI=1S/C13H14F6N4O/c14-12(15,16)11(13(17,18)19)2-4-23(6-11)10(24)9-7-5-20-3-1-8(7)21-22-9/h20H,1-6H2,(H,21,22). The Hall–Kier alpha value is -1.78. The van der Waals surface area contributed by atoms with Gasteiger partial charge in [-0.3, -0.25) is 9.89 Å². The molecule has 0 bridgehead atoms. The van der Waals surface area contributed by atoms with E-state index in [-0.39, 0.29) is 5.69 Å². The molecule has 0 aromatic carbocycles. The van der Waals surface area contributed by atoms with Crippen LogP contribution < -0.4 is 5.32 Å². The van der Waals surface area contributed by atoms with E-state index in [1.165, 1.54) is 0 Å². The molecule has 0 saturated carbocycles. The van der Waals surface area contributed by atoms with Gasteiger partial charge in [-0.05, 0) is 6.42 Å². The van der Waals surface area contributed by atoms with Crippen LogP contribution in [0.4, 0.5) is 26.3 Å². The highest BCUT2D eigenvalue weighted by atomic mass is 19.4. The average molecular weight is 356 g/mol. The Morgan fingerprint density at radius 1 is 1.17 bits per heavy atom. The molecule has 1 fully saturated rings. The van der Waals surface area contributed by atoms with Gasteiger partial charge in [0, 0.05) is 43.9 Å². The average Bonchev–Trinajstić information content (AvgIpc) is 3.10. The fourth-order valence-electron chi connectivity index (χ4n) is 3.16. The maximum absolute atomic E-state index is 13.1. The van der Waals surface area contributed by atoms with Crippen LogP contribution in [0.15, 0.2) is 0 Å². The summed E-state index contributed by atoms with van der Waals surface area (Å²) in [5.41, 5.74) is -2.82. The third-order valence-corrected chi connectivity index (χ3v) is 4.65. The van der Waals surface area contributed by atoms with Crippen molar-refractivity contribution in [3.63, 3.8) is 0 Å². The highest BCUT2D eigenvalue weighted by molar-refractivity contribution is 5.94. The fraction of sp³-hybridized carbons (Fsp3) is 0.692. The largest absolute Gasteiger partial charge is 0.404 e. The molecule has 0 unspecified atom stereocenters. The minimum absolute atomic E-state index is 0.114. The fourth-order valence-corrected chi connectivity index (χ4v) is 3.16. The van der Waals surface area contributed by atoms with E-state index in [2.05, 4.69) is 15.5 Å². The van der Waals surface area contributed by atoms with Crippen LogP contribution in [-0.4, -0.2) is 53.0 Å². The third-order valence-electron chi connectivity index (χ3n) is 4.65. The summed E-state index contributed by atoms with van der Waals surface area (Å²) in [6.07, 6.45) is -11.6. The summed E-state index contributed by atoms with van der Waals surface area (Å²) in [6, 6.07) is 0. The molecule has 24 heavy (non-hydrogen) atoms. The molecule has 1 amide bonds. The summed E-state index contributed by atoms with van der Waals surface area (Å²) >= 11 is 0. The van der Waals surface area contributed by atoms with Crippen molar-refractivity contribution in [2.45, 2.75) is 31.7 Å². The zero-order chi connectivity index (χ0) is 17.8. The highest BCUT2D eigenvalue weighted by Gasteiger charge is 2.73. The molecule has 0 radical (unpaired) electrons. The second kappa shape index (κ2) is 5.36. The number of nitrogens with zero attached hydrogens (tertiary/aromatic N) is 2. The number of nitrogens with one attached hydrogen (secondary N) is 2. The lowest BCUT2D eigenvalue weighted by molar-refractivity contribution is -0.334. The molecular formula is C13H14F6N4O. The van der Waals surface area contributed by atoms with Crippen molar-refractivity contribution in [3.05, 3.63) is 17.0 Å². The number of hydrogen-bond acceptors (Lipinski definition) is 3. The van der Waals surface area contributed by atoms with Crippen LogP contribution in [0.25, 0.3) is 0 Å². The Bertz CT molecular complexity index is 636. The molecule has 5 nitrogen and oxygen atoms in total. The van der Waals surface area contributed by atoms with Crippen molar-refractivity contribution in [3.8, 4) is 0 Å². The number of carbonyl (C=O) groups is 1. The zero-order valence-corrected chi connectivity index (χ0v) is 12.3. The highest BCUT2D eigenvalue weighted by Crippen LogP contribution is 2.55. The van der Waals surface area contributed by atoms with Crippen LogP contribution in [0.2, 0.25) is 0 Å². The van der Waals surface area contributed by atoms with Crippen molar-refractivity contribution in [2.24, 2.45) is 5.41 Å². The Morgan fingerprint density at radius 2 is 1.83 bits per heavy atom. The van der Waals surface area contributed by atoms with Crippen molar-refractivity contribution in [1.29, 1.82) is 0 Å². The quantitative estimate of drug-likeness (QED) is 0.757. The maximum atomic E-state index is 13.1. The summed E-state index contributed by atoms with van der Waals surface area (Å²) in [5, 5.41) is 9.41. The van der Waals surface area contributed by atoms with E-state index < -0.39 is 43.2 Å². The lowest BCUT2D eigenvalue weighted by Crippen LogP contribution is -2.52. The number of fused-ring (bicyclic) bond motifs is 1. The van der Waals surface area contributed by atoms with Crippen LogP contribution in [0.5, 0.6) is 0 Å². The Morgan fingerprint density at radius 3 is 2.42 bits per heavy atom. The van der Waals surface area contributed by atoms with Gasteiger partial charge < -0.3 is 10.2 Å². The van der Waals surface area contributed by atoms with Gasteiger partial charge in [0.2, 0.25) is 0 Å². The smallest absolute Gasteiger partial charge is 0.336 e. The van der Waals surface area contributed by atoms with Crippen molar-refractivity contribution in [2.75, 3.05) is 19.6 Å². The number of aromatic nitrogens is 2. The molecule has 1 saturated heterocycles. The van der Waals surface area contributed by atoms with Crippen molar-refractivity contribution >= 4 is 5.91 Å². The number of carbonyl (C=O) groups excluding carboxylic acids is 1. The van der Waals surface area contributed by atoms with Crippen molar-refractivity contribution in [1.82, 2.24) is 20.4 Å². The molecule has 0 atom stereocenters. The molecule has 2 N–H and O–H groups in total. The summed E-state index contributed by atoms with van der Waals surface area (Å²) in [7, 11) is 0. The van der Waals surface area contributed by atoms with E-state index in [0.29, 0.717) is 35.7 Å². The normalized spacial score (nSPS) is 21.0. The SMILES string of the molecule is O=C(c1n[nH]c2c1CNCC2)N1CCC(C(F)(F)F)(C(F)(F)F)C1. The van der Waals surface area contributed by atoms with E-state index in [0.717, 1.165) is 0 Å². The van der Waals surface area contributed by atoms with E-state index >= 15 is 0 Å². The van der Waals surface area contributed by atoms with E-state index in [9.17, 15) is 31.1 Å². The third kappa shape index (κ3) is 2.45. The number of aromatic amines is 1. The minimum atomic E-state index is -5.48. The van der Waals surface area contributed by atoms with E-state index in [1.807, 2.05) is 0 Å². The molecule has 0 spiro atoms. The van der Waals surface area contributed by atoms with Crippen LogP contribution in [0.1, 0.15) is 28.2 Å². The van der Waals surface area contributed by atoms with Crippen LogP contribution >= 0.6 is 0 Å². The first kappa shape index (κ1) is 17.1. The topological polar surface area (TPSA) is 61.0 Å². The van der Waals surface area contributed by atoms with Gasteiger partial charge >= 0.3 is 12.4 Å². The van der Waals surface area contributed by atoms with Gasteiger partial charge in [0.1, 0.15) is 0 Å². The molecule has 3 heterocycles. The molecule has 11 heteroatoms. The lowest BCUT2D eigenvalue weighted by atomic mass is 9.85. The number of likely N-dealkylation sites (tertiary alicyclic amines) is 1. The predicted molar refractivity (Wildman–Crippen MR) is 69.1 cm³/mol. The number of rotatable bonds is 1. The lowest BCUT2D eigenvalue weighted by Gasteiger charge is -2.33. The number of hydrogen-bond donors (Lipinski definition) is 2. The zero-order valence-electron chi connectivity index (χ0n) is 12.3. The molecule has 134 valence electrons. The molecule has 0 aliphatic carbocycles. The monoisotopic (exact) mass is 356 g/mol. The number of alkyl halides is 6. The first-order valence-corrected chi connectivity index (χ1v) is 7.26. The summed E-state index contributed by atoms with van der Waals surface area (Å²) in [5.74, 6) is -0.911. The summed E-state index contributed by atoms with van der Waals surface area (Å²) in [4.78, 5) is 13.0. The van der Waals surface area contributed by atoms with Gasteiger partial charge in [-0.2, -0.15) is 31.4 Å². The minimum Gasteiger partial charge on any atom is -0.336 e. The predicted octanol–water partition coefficient (Wildman–Crippen LogP) is 2.01. The maximum Gasteiger partial charge on any atom is 0.404 e. The summed E-state index contributed by atoms with van der Waals surface area (Å²) in [6.45, 7) is -1.11. The molecule has 1 aromatic rings.